The molecule has 0 rings (SSSR count). The van der Waals surface area contributed by atoms with Crippen LogP contribution in [0.1, 0.15) is 125 Å². The molecule has 0 fully saturated rings. The van der Waals surface area contributed by atoms with Crippen LogP contribution in [-0.2, 0) is 4.79 Å². The molecule has 0 aliphatic carbocycles. The molecule has 1 N–H and O–H groups in total. The number of hydrogen-bond donors (Lipinski definition) is 1. The zero-order valence-electron chi connectivity index (χ0n) is 17.8. The van der Waals surface area contributed by atoms with Crippen molar-refractivity contribution < 1.29 is 12.8 Å². The quantitative estimate of drug-likeness (QED) is 0.181. The number of unbranched alkanes of at least 4 members (excludes halogenated alkanes) is 16. The van der Waals surface area contributed by atoms with Crippen molar-refractivity contribution in [3.8, 4) is 0 Å². The molecule has 0 spiro atoms. The Balaban J connectivity index is -0.000000735. The molecule has 0 aromatic heterocycles. The molecule has 3 heteroatoms. The monoisotopic (exact) mass is 452 g/mol. The molecule has 0 unspecified atom stereocenters. The van der Waals surface area contributed by atoms with E-state index in [1.165, 1.54) is 96.3 Å². The molecule has 0 atom stereocenters. The first-order chi connectivity index (χ1) is 10.8. The first-order valence-corrected chi connectivity index (χ1v) is 9.99. The molecule has 23 heavy (non-hydrogen) atoms. The zero-order chi connectivity index (χ0) is 16.3. The number of carbonyl (C=O) groups is 1. The maximum Gasteiger partial charge on any atom is 2.00 e. The summed E-state index contributed by atoms with van der Waals surface area (Å²) < 4.78 is 0. The van der Waals surface area contributed by atoms with E-state index in [0.717, 1.165) is 12.8 Å². The second-order valence-corrected chi connectivity index (χ2v) is 6.80. The van der Waals surface area contributed by atoms with Crippen LogP contribution in [0.15, 0.2) is 0 Å². The SMILES string of the molecule is CCCCCCCCCCCCCCCCCCCC(=O)O.[Ba+2].[H-].[H-]. The number of hydrogen-bond acceptors (Lipinski definition) is 1. The van der Waals surface area contributed by atoms with Crippen molar-refractivity contribution >= 4 is 54.9 Å². The summed E-state index contributed by atoms with van der Waals surface area (Å²) in [7, 11) is 0. The fourth-order valence-electron chi connectivity index (χ4n) is 3.00. The van der Waals surface area contributed by atoms with Gasteiger partial charge in [0.2, 0.25) is 0 Å². The third-order valence-corrected chi connectivity index (χ3v) is 4.49. The van der Waals surface area contributed by atoms with Gasteiger partial charge >= 0.3 is 54.9 Å². The Morgan fingerprint density at radius 3 is 1.13 bits per heavy atom. The molecular weight excluding hydrogens is 410 g/mol. The molecule has 0 saturated heterocycles. The summed E-state index contributed by atoms with van der Waals surface area (Å²) in [5, 5.41) is 8.54. The molecule has 0 bridgehead atoms. The summed E-state index contributed by atoms with van der Waals surface area (Å²) in [6, 6.07) is 0. The van der Waals surface area contributed by atoms with E-state index < -0.39 is 5.97 Å². The van der Waals surface area contributed by atoms with Crippen molar-refractivity contribution in [2.75, 3.05) is 0 Å². The van der Waals surface area contributed by atoms with Crippen molar-refractivity contribution in [2.45, 2.75) is 122 Å². The Morgan fingerprint density at radius 2 is 0.870 bits per heavy atom. The zero-order valence-corrected chi connectivity index (χ0v) is 20.2. The van der Waals surface area contributed by atoms with Gasteiger partial charge in [-0.3, -0.25) is 4.79 Å². The molecular formula is C20H42BaO2. The number of carboxylic acid groups (broad SMARTS) is 1. The van der Waals surface area contributed by atoms with Crippen LogP contribution < -0.4 is 0 Å². The minimum absolute atomic E-state index is 0. The van der Waals surface area contributed by atoms with Crippen molar-refractivity contribution in [1.29, 1.82) is 0 Å². The summed E-state index contributed by atoms with van der Waals surface area (Å²) in [4.78, 5) is 10.4. The number of aliphatic carboxylic acids is 1. The van der Waals surface area contributed by atoms with Gasteiger partial charge in [-0.15, -0.1) is 0 Å². The Kier molecular flexibility index (Phi) is 26.3. The molecule has 136 valence electrons. The number of carboxylic acids is 1. The fourth-order valence-corrected chi connectivity index (χ4v) is 3.00. The van der Waals surface area contributed by atoms with E-state index in [9.17, 15) is 4.79 Å². The van der Waals surface area contributed by atoms with Crippen LogP contribution in [-0.4, -0.2) is 60.0 Å². The summed E-state index contributed by atoms with van der Waals surface area (Å²) in [6.45, 7) is 2.28. The van der Waals surface area contributed by atoms with E-state index in [2.05, 4.69) is 6.92 Å². The fraction of sp³-hybridized carbons (Fsp3) is 0.950. The van der Waals surface area contributed by atoms with E-state index in [1.807, 2.05) is 0 Å². The van der Waals surface area contributed by atoms with Gasteiger partial charge in [-0.25, -0.2) is 0 Å². The van der Waals surface area contributed by atoms with Gasteiger partial charge in [0, 0.05) is 6.42 Å². The van der Waals surface area contributed by atoms with Crippen molar-refractivity contribution in [3.63, 3.8) is 0 Å². The second kappa shape index (κ2) is 23.0. The molecule has 0 heterocycles. The standard InChI is InChI=1S/C20H40O2.Ba.2H/c1-2-3-4-5-6-7-8-9-10-11-12-13-14-15-16-17-18-19-20(21)22;;;/h2-19H2,1H3,(H,21,22);;;/q;+2;2*-1. The van der Waals surface area contributed by atoms with Crippen LogP contribution in [0.4, 0.5) is 0 Å². The molecule has 2 nitrogen and oxygen atoms in total. The number of rotatable bonds is 18. The molecule has 0 saturated carbocycles. The molecule has 0 aromatic carbocycles. The van der Waals surface area contributed by atoms with Gasteiger partial charge < -0.3 is 7.96 Å². The largest absolute Gasteiger partial charge is 2.00 e. The van der Waals surface area contributed by atoms with Crippen molar-refractivity contribution in [3.05, 3.63) is 0 Å². The van der Waals surface area contributed by atoms with E-state index in [4.69, 9.17) is 5.11 Å². The average molecular weight is 452 g/mol. The molecule has 0 amide bonds. The first kappa shape index (κ1) is 26.3. The van der Waals surface area contributed by atoms with Crippen LogP contribution in [0.25, 0.3) is 0 Å². The predicted molar refractivity (Wildman–Crippen MR) is 104 cm³/mol. The third-order valence-electron chi connectivity index (χ3n) is 4.49. The minimum atomic E-state index is -0.652. The Morgan fingerprint density at radius 1 is 0.609 bits per heavy atom. The molecule has 0 aromatic rings. The maximum atomic E-state index is 10.4. The Bertz CT molecular complexity index is 242. The predicted octanol–water partition coefficient (Wildman–Crippen LogP) is 6.96. The Labute approximate surface area is 188 Å². The second-order valence-electron chi connectivity index (χ2n) is 6.80. The Hall–Kier alpha value is 1.04. The van der Waals surface area contributed by atoms with Crippen molar-refractivity contribution in [2.24, 2.45) is 0 Å². The molecule has 0 aliphatic rings. The third kappa shape index (κ3) is 25.4. The summed E-state index contributed by atoms with van der Waals surface area (Å²) in [6.07, 6.45) is 23.1. The van der Waals surface area contributed by atoms with Gasteiger partial charge in [0.15, 0.2) is 0 Å². The molecule has 0 aliphatic heterocycles. The minimum Gasteiger partial charge on any atom is -1.00 e. The van der Waals surface area contributed by atoms with Crippen LogP contribution in [0, 0.1) is 0 Å². The van der Waals surface area contributed by atoms with Gasteiger partial charge in [-0.05, 0) is 6.42 Å². The van der Waals surface area contributed by atoms with Crippen LogP contribution in [0.2, 0.25) is 0 Å². The first-order valence-electron chi connectivity index (χ1n) is 9.99. The maximum absolute atomic E-state index is 10.4. The summed E-state index contributed by atoms with van der Waals surface area (Å²) in [5.41, 5.74) is 0. The van der Waals surface area contributed by atoms with E-state index >= 15 is 0 Å². The van der Waals surface area contributed by atoms with E-state index in [1.54, 1.807) is 0 Å². The van der Waals surface area contributed by atoms with E-state index in [-0.39, 0.29) is 51.7 Å². The normalized spacial score (nSPS) is 10.5. The van der Waals surface area contributed by atoms with E-state index in [0.29, 0.717) is 6.42 Å². The summed E-state index contributed by atoms with van der Waals surface area (Å²) in [5.74, 6) is -0.652. The van der Waals surface area contributed by atoms with Gasteiger partial charge in [0.25, 0.3) is 0 Å². The van der Waals surface area contributed by atoms with Crippen LogP contribution in [0.3, 0.4) is 0 Å². The van der Waals surface area contributed by atoms with Gasteiger partial charge in [-0.1, -0.05) is 110 Å². The molecule has 0 radical (unpaired) electrons. The topological polar surface area (TPSA) is 37.3 Å². The van der Waals surface area contributed by atoms with Crippen LogP contribution in [0.5, 0.6) is 0 Å². The van der Waals surface area contributed by atoms with Gasteiger partial charge in [-0.2, -0.15) is 0 Å². The van der Waals surface area contributed by atoms with Gasteiger partial charge in [0.05, 0.1) is 0 Å². The van der Waals surface area contributed by atoms with Gasteiger partial charge in [0.1, 0.15) is 0 Å². The smallest absolute Gasteiger partial charge is 1.00 e. The summed E-state index contributed by atoms with van der Waals surface area (Å²) >= 11 is 0. The van der Waals surface area contributed by atoms with Crippen molar-refractivity contribution in [1.82, 2.24) is 0 Å². The van der Waals surface area contributed by atoms with Crippen LogP contribution >= 0.6 is 0 Å². The average Bonchev–Trinajstić information content (AvgIpc) is 2.50.